The number of nitrogens with one attached hydrogen (secondary N) is 1. The second-order valence-electron chi connectivity index (χ2n) is 6.69. The molecule has 2 heterocycles. The summed E-state index contributed by atoms with van der Waals surface area (Å²) >= 11 is 3.69. The van der Waals surface area contributed by atoms with Gasteiger partial charge in [-0.25, -0.2) is 0 Å². The molecule has 1 aliphatic carbocycles. The van der Waals surface area contributed by atoms with Gasteiger partial charge in [-0.1, -0.05) is 34.1 Å². The van der Waals surface area contributed by atoms with Crippen molar-refractivity contribution in [3.05, 3.63) is 34.3 Å². The van der Waals surface area contributed by atoms with Crippen LogP contribution in [0.2, 0.25) is 0 Å². The van der Waals surface area contributed by atoms with E-state index in [-0.39, 0.29) is 0 Å². The van der Waals surface area contributed by atoms with E-state index in [1.165, 1.54) is 55.2 Å². The van der Waals surface area contributed by atoms with Crippen LogP contribution in [0.5, 0.6) is 0 Å². The maximum atomic E-state index is 3.95. The van der Waals surface area contributed by atoms with Gasteiger partial charge < -0.3 is 5.32 Å². The lowest BCUT2D eigenvalue weighted by atomic mass is 9.75. The zero-order valence-electron chi connectivity index (χ0n) is 11.9. The molecule has 0 amide bonds. The molecule has 1 N–H and O–H groups in total. The van der Waals surface area contributed by atoms with Crippen LogP contribution in [0.3, 0.4) is 0 Å². The number of benzene rings is 1. The van der Waals surface area contributed by atoms with Gasteiger partial charge in [0.05, 0.1) is 0 Å². The third-order valence-electron chi connectivity index (χ3n) is 5.54. The molecule has 4 rings (SSSR count). The Labute approximate surface area is 130 Å². The third-order valence-corrected chi connectivity index (χ3v) is 6.26. The van der Waals surface area contributed by atoms with Gasteiger partial charge in [0.2, 0.25) is 0 Å². The van der Waals surface area contributed by atoms with E-state index < -0.39 is 0 Å². The van der Waals surface area contributed by atoms with Crippen molar-refractivity contribution < 1.29 is 0 Å². The minimum Gasteiger partial charge on any atom is -0.310 e. The van der Waals surface area contributed by atoms with Crippen molar-refractivity contribution in [2.24, 2.45) is 0 Å². The molecule has 0 radical (unpaired) electrons. The highest BCUT2D eigenvalue weighted by atomic mass is 79.9. The van der Waals surface area contributed by atoms with Crippen molar-refractivity contribution in [3.63, 3.8) is 0 Å². The van der Waals surface area contributed by atoms with E-state index in [1.54, 1.807) is 0 Å². The van der Waals surface area contributed by atoms with E-state index >= 15 is 0 Å². The minimum atomic E-state index is 0.748. The summed E-state index contributed by atoms with van der Waals surface area (Å²) in [5.41, 5.74) is 1.50. The Morgan fingerprint density at radius 3 is 2.80 bits per heavy atom. The van der Waals surface area contributed by atoms with Gasteiger partial charge >= 0.3 is 0 Å². The molecule has 0 spiro atoms. The third kappa shape index (κ3) is 2.34. The normalized spacial score (nSPS) is 36.9. The summed E-state index contributed by atoms with van der Waals surface area (Å²) < 4.78 is 1.28. The molecule has 3 aliphatic rings. The second-order valence-corrected chi connectivity index (χ2v) is 7.55. The Morgan fingerprint density at radius 1 is 1.10 bits per heavy atom. The van der Waals surface area contributed by atoms with Crippen LogP contribution in [-0.2, 0) is 0 Å². The van der Waals surface area contributed by atoms with E-state index in [9.17, 15) is 0 Å². The Balaban J connectivity index is 1.32. The van der Waals surface area contributed by atoms with Gasteiger partial charge in [0, 0.05) is 29.1 Å². The SMILES string of the molecule is Brc1ccccc1C1CC(NC2CCN3CCCC23)C1. The van der Waals surface area contributed by atoms with Gasteiger partial charge in [0.25, 0.3) is 0 Å². The summed E-state index contributed by atoms with van der Waals surface area (Å²) in [5.74, 6) is 0.754. The zero-order chi connectivity index (χ0) is 13.5. The molecular formula is C17H23BrN2. The highest BCUT2D eigenvalue weighted by Gasteiger charge is 2.40. The molecule has 2 unspecified atom stereocenters. The van der Waals surface area contributed by atoms with Crippen LogP contribution in [0.25, 0.3) is 0 Å². The second kappa shape index (κ2) is 5.43. The van der Waals surface area contributed by atoms with Crippen LogP contribution in [0.1, 0.15) is 43.6 Å². The van der Waals surface area contributed by atoms with Gasteiger partial charge in [-0.15, -0.1) is 0 Å². The number of hydrogen-bond acceptors (Lipinski definition) is 2. The largest absolute Gasteiger partial charge is 0.310 e. The molecule has 2 atom stereocenters. The predicted molar refractivity (Wildman–Crippen MR) is 86.0 cm³/mol. The van der Waals surface area contributed by atoms with Crippen LogP contribution in [0.15, 0.2) is 28.7 Å². The van der Waals surface area contributed by atoms with E-state index in [4.69, 9.17) is 0 Å². The zero-order valence-corrected chi connectivity index (χ0v) is 13.5. The summed E-state index contributed by atoms with van der Waals surface area (Å²) in [5, 5.41) is 3.95. The smallest absolute Gasteiger partial charge is 0.0250 e. The Hall–Kier alpha value is -0.380. The maximum absolute atomic E-state index is 3.95. The molecular weight excluding hydrogens is 312 g/mol. The standard InChI is InChI=1S/C17H23BrN2/c18-15-5-2-1-4-14(15)12-10-13(11-12)19-16-7-9-20-8-3-6-17(16)20/h1-2,4-5,12-13,16-17,19H,3,6-11H2. The molecule has 0 bridgehead atoms. The van der Waals surface area contributed by atoms with E-state index in [0.29, 0.717) is 0 Å². The number of fused-ring (bicyclic) bond motifs is 1. The summed E-state index contributed by atoms with van der Waals surface area (Å²) in [4.78, 5) is 2.70. The molecule has 20 heavy (non-hydrogen) atoms. The van der Waals surface area contributed by atoms with Gasteiger partial charge in [-0.05, 0) is 56.2 Å². The number of rotatable bonds is 3. The lowest BCUT2D eigenvalue weighted by molar-refractivity contribution is 0.233. The first-order valence-electron chi connectivity index (χ1n) is 8.06. The summed E-state index contributed by atoms with van der Waals surface area (Å²) in [6.45, 7) is 2.66. The molecule has 0 aromatic heterocycles. The van der Waals surface area contributed by atoms with Crippen LogP contribution in [0, 0.1) is 0 Å². The van der Waals surface area contributed by atoms with Crippen LogP contribution in [0.4, 0.5) is 0 Å². The van der Waals surface area contributed by atoms with E-state index in [0.717, 1.165) is 24.0 Å². The fraction of sp³-hybridized carbons (Fsp3) is 0.647. The summed E-state index contributed by atoms with van der Waals surface area (Å²) in [7, 11) is 0. The van der Waals surface area contributed by atoms with Crippen molar-refractivity contribution in [3.8, 4) is 0 Å². The van der Waals surface area contributed by atoms with Gasteiger partial charge in [-0.3, -0.25) is 4.90 Å². The Morgan fingerprint density at radius 2 is 1.95 bits per heavy atom. The van der Waals surface area contributed by atoms with Gasteiger partial charge in [-0.2, -0.15) is 0 Å². The topological polar surface area (TPSA) is 15.3 Å². The quantitative estimate of drug-likeness (QED) is 0.909. The van der Waals surface area contributed by atoms with Crippen molar-refractivity contribution in [2.45, 2.75) is 56.1 Å². The molecule has 108 valence electrons. The number of halogens is 1. The molecule has 2 aliphatic heterocycles. The lowest BCUT2D eigenvalue weighted by Gasteiger charge is -2.39. The van der Waals surface area contributed by atoms with Crippen LogP contribution in [-0.4, -0.2) is 36.1 Å². The van der Waals surface area contributed by atoms with Crippen molar-refractivity contribution in [1.29, 1.82) is 0 Å². The van der Waals surface area contributed by atoms with E-state index in [1.807, 2.05) is 0 Å². The number of hydrogen-bond donors (Lipinski definition) is 1. The fourth-order valence-corrected chi connectivity index (χ4v) is 5.00. The fourth-order valence-electron chi connectivity index (χ4n) is 4.39. The van der Waals surface area contributed by atoms with Crippen molar-refractivity contribution >= 4 is 15.9 Å². The molecule has 3 fully saturated rings. The van der Waals surface area contributed by atoms with Crippen LogP contribution >= 0.6 is 15.9 Å². The molecule has 3 heteroatoms. The monoisotopic (exact) mass is 334 g/mol. The first-order valence-corrected chi connectivity index (χ1v) is 8.85. The van der Waals surface area contributed by atoms with Gasteiger partial charge in [0.1, 0.15) is 0 Å². The molecule has 1 aromatic carbocycles. The maximum Gasteiger partial charge on any atom is 0.0250 e. The van der Waals surface area contributed by atoms with E-state index in [2.05, 4.69) is 50.4 Å². The highest BCUT2D eigenvalue weighted by molar-refractivity contribution is 9.10. The summed E-state index contributed by atoms with van der Waals surface area (Å²) in [6, 6.07) is 11.1. The van der Waals surface area contributed by atoms with Gasteiger partial charge in [0.15, 0.2) is 0 Å². The summed E-state index contributed by atoms with van der Waals surface area (Å²) in [6.07, 6.45) is 6.81. The average molecular weight is 335 g/mol. The Bertz CT molecular complexity index is 484. The van der Waals surface area contributed by atoms with Crippen LogP contribution < -0.4 is 5.32 Å². The number of nitrogens with zero attached hydrogens (tertiary/aromatic N) is 1. The van der Waals surface area contributed by atoms with Crippen molar-refractivity contribution in [2.75, 3.05) is 13.1 Å². The lowest BCUT2D eigenvalue weighted by Crippen LogP contribution is -2.49. The first-order chi connectivity index (χ1) is 9.81. The minimum absolute atomic E-state index is 0.748. The molecule has 1 aromatic rings. The molecule has 1 saturated carbocycles. The first kappa shape index (κ1) is 13.3. The Kier molecular flexibility index (Phi) is 3.61. The highest BCUT2D eigenvalue weighted by Crippen LogP contribution is 2.41. The molecule has 2 saturated heterocycles. The average Bonchev–Trinajstić information content (AvgIpc) is 2.98. The molecule has 2 nitrogen and oxygen atoms in total. The predicted octanol–water partition coefficient (Wildman–Crippen LogP) is 3.52. The van der Waals surface area contributed by atoms with Crippen molar-refractivity contribution in [1.82, 2.24) is 10.2 Å².